The Kier molecular flexibility index (Phi) is 8.82. The van der Waals surface area contributed by atoms with E-state index in [4.69, 9.17) is 9.47 Å². The second kappa shape index (κ2) is 11.8. The molecule has 1 aliphatic carbocycles. The number of carbonyl (C=O) groups is 1. The minimum Gasteiger partial charge on any atom is -0.497 e. The van der Waals surface area contributed by atoms with Crippen molar-refractivity contribution in [3.8, 4) is 11.5 Å². The lowest BCUT2D eigenvalue weighted by molar-refractivity contribution is -0.121. The molecule has 0 radical (unpaired) electrons. The number of aliphatic imine (C=N–C) groups is 1. The van der Waals surface area contributed by atoms with Gasteiger partial charge in [-0.1, -0.05) is 0 Å². The van der Waals surface area contributed by atoms with Crippen LogP contribution in [-0.4, -0.2) is 69.2 Å². The first kappa shape index (κ1) is 23.2. The lowest BCUT2D eigenvalue weighted by Gasteiger charge is -2.19. The Morgan fingerprint density at radius 1 is 1.10 bits per heavy atom. The van der Waals surface area contributed by atoms with E-state index in [9.17, 15) is 4.79 Å². The SMILES string of the molecule is CCNC(=NCCCC(=O)NC1CC1)NC1CCN(Cc2cc(OC)cc(OC)c2)C1. The second-order valence-corrected chi connectivity index (χ2v) is 8.29. The van der Waals surface area contributed by atoms with Crippen LogP contribution in [0, 0.1) is 0 Å². The zero-order valence-electron chi connectivity index (χ0n) is 19.1. The Bertz CT molecular complexity index is 728. The minimum atomic E-state index is 0.149. The van der Waals surface area contributed by atoms with Crippen molar-refractivity contribution in [1.82, 2.24) is 20.9 Å². The fraction of sp³-hybridized carbons (Fsp3) is 0.652. The van der Waals surface area contributed by atoms with E-state index in [0.29, 0.717) is 25.0 Å². The summed E-state index contributed by atoms with van der Waals surface area (Å²) in [5.41, 5.74) is 1.18. The number of benzene rings is 1. The summed E-state index contributed by atoms with van der Waals surface area (Å²) < 4.78 is 10.8. The standard InChI is InChI=1S/C23H37N5O3/c1-4-24-23(25-10-5-6-22(29)26-18-7-8-18)27-19-9-11-28(16-19)15-17-12-20(30-2)14-21(13-17)31-3/h12-14,18-19H,4-11,15-16H2,1-3H3,(H,26,29)(H2,24,25,27). The van der Waals surface area contributed by atoms with E-state index >= 15 is 0 Å². The summed E-state index contributed by atoms with van der Waals surface area (Å²) in [6.07, 6.45) is 4.63. The Labute approximate surface area is 185 Å². The van der Waals surface area contributed by atoms with Crippen LogP contribution >= 0.6 is 0 Å². The number of methoxy groups -OCH3 is 2. The van der Waals surface area contributed by atoms with Gasteiger partial charge in [0, 0.05) is 57.3 Å². The number of carbonyl (C=O) groups excluding carboxylic acids is 1. The lowest BCUT2D eigenvalue weighted by atomic mass is 10.2. The molecule has 1 saturated heterocycles. The van der Waals surface area contributed by atoms with Crippen molar-refractivity contribution < 1.29 is 14.3 Å². The van der Waals surface area contributed by atoms with Crippen molar-refractivity contribution in [2.75, 3.05) is 40.4 Å². The van der Waals surface area contributed by atoms with Crippen LogP contribution in [0.3, 0.4) is 0 Å². The normalized spacial score (nSPS) is 19.2. The van der Waals surface area contributed by atoms with Crippen LogP contribution in [0.25, 0.3) is 0 Å². The van der Waals surface area contributed by atoms with Crippen molar-refractivity contribution in [3.63, 3.8) is 0 Å². The second-order valence-electron chi connectivity index (χ2n) is 8.29. The molecule has 1 amide bonds. The van der Waals surface area contributed by atoms with Crippen LogP contribution in [0.2, 0.25) is 0 Å². The zero-order valence-corrected chi connectivity index (χ0v) is 19.1. The molecule has 1 heterocycles. The minimum absolute atomic E-state index is 0.149. The predicted molar refractivity (Wildman–Crippen MR) is 123 cm³/mol. The van der Waals surface area contributed by atoms with Crippen molar-refractivity contribution in [2.45, 2.75) is 57.7 Å². The number of guanidine groups is 1. The highest BCUT2D eigenvalue weighted by Crippen LogP contribution is 2.24. The molecule has 0 aromatic heterocycles. The molecule has 1 unspecified atom stereocenters. The summed E-state index contributed by atoms with van der Waals surface area (Å²) in [6, 6.07) is 6.80. The van der Waals surface area contributed by atoms with Crippen molar-refractivity contribution in [1.29, 1.82) is 0 Å². The van der Waals surface area contributed by atoms with Gasteiger partial charge in [0.2, 0.25) is 5.91 Å². The van der Waals surface area contributed by atoms with Gasteiger partial charge in [0.1, 0.15) is 11.5 Å². The Morgan fingerprint density at radius 3 is 2.48 bits per heavy atom. The molecular formula is C23H37N5O3. The zero-order chi connectivity index (χ0) is 22.1. The summed E-state index contributed by atoms with van der Waals surface area (Å²) in [5.74, 6) is 2.61. The molecule has 1 aliphatic heterocycles. The van der Waals surface area contributed by atoms with Gasteiger partial charge >= 0.3 is 0 Å². The molecule has 2 aliphatic rings. The van der Waals surface area contributed by atoms with Gasteiger partial charge in [0.15, 0.2) is 5.96 Å². The molecule has 0 bridgehead atoms. The molecule has 1 atom stereocenters. The summed E-state index contributed by atoms with van der Waals surface area (Å²) >= 11 is 0. The average Bonchev–Trinajstić information content (AvgIpc) is 3.47. The number of amides is 1. The summed E-state index contributed by atoms with van der Waals surface area (Å²) in [6.45, 7) is 6.36. The van der Waals surface area contributed by atoms with Crippen LogP contribution in [0.5, 0.6) is 11.5 Å². The van der Waals surface area contributed by atoms with Crippen LogP contribution in [0.15, 0.2) is 23.2 Å². The molecule has 1 aromatic carbocycles. The lowest BCUT2D eigenvalue weighted by Crippen LogP contribution is -2.44. The smallest absolute Gasteiger partial charge is 0.220 e. The topological polar surface area (TPSA) is 87.2 Å². The first-order chi connectivity index (χ1) is 15.1. The van der Waals surface area contributed by atoms with Crippen LogP contribution in [0.4, 0.5) is 0 Å². The summed E-state index contributed by atoms with van der Waals surface area (Å²) in [7, 11) is 3.35. The number of nitrogens with one attached hydrogen (secondary N) is 3. The molecule has 8 nitrogen and oxygen atoms in total. The fourth-order valence-electron chi connectivity index (χ4n) is 3.78. The molecule has 172 valence electrons. The van der Waals surface area contributed by atoms with Crippen molar-refractivity contribution in [2.24, 2.45) is 4.99 Å². The molecule has 1 saturated carbocycles. The number of ether oxygens (including phenoxy) is 2. The van der Waals surface area contributed by atoms with Gasteiger partial charge < -0.3 is 25.4 Å². The molecule has 1 aromatic rings. The van der Waals surface area contributed by atoms with Crippen LogP contribution < -0.4 is 25.4 Å². The van der Waals surface area contributed by atoms with E-state index in [0.717, 1.165) is 69.3 Å². The third-order valence-electron chi connectivity index (χ3n) is 5.55. The Balaban J connectivity index is 1.44. The maximum atomic E-state index is 11.8. The Morgan fingerprint density at radius 2 is 1.84 bits per heavy atom. The van der Waals surface area contributed by atoms with Gasteiger partial charge in [-0.25, -0.2) is 0 Å². The van der Waals surface area contributed by atoms with Crippen molar-refractivity contribution >= 4 is 11.9 Å². The highest BCUT2D eigenvalue weighted by atomic mass is 16.5. The third-order valence-corrected chi connectivity index (χ3v) is 5.55. The first-order valence-corrected chi connectivity index (χ1v) is 11.4. The van der Waals surface area contributed by atoms with Gasteiger partial charge in [-0.2, -0.15) is 0 Å². The monoisotopic (exact) mass is 431 g/mol. The highest BCUT2D eigenvalue weighted by molar-refractivity contribution is 5.80. The van der Waals surface area contributed by atoms with Gasteiger partial charge in [-0.3, -0.25) is 14.7 Å². The number of likely N-dealkylation sites (tertiary alicyclic amines) is 1. The summed E-state index contributed by atoms with van der Waals surface area (Å²) in [4.78, 5) is 18.9. The predicted octanol–water partition coefficient (Wildman–Crippen LogP) is 1.89. The number of rotatable bonds is 11. The maximum Gasteiger partial charge on any atom is 0.220 e. The molecule has 31 heavy (non-hydrogen) atoms. The van der Waals surface area contributed by atoms with E-state index in [2.05, 4.69) is 44.9 Å². The van der Waals surface area contributed by atoms with Crippen molar-refractivity contribution in [3.05, 3.63) is 23.8 Å². The Hall–Kier alpha value is -2.48. The number of hydrogen-bond donors (Lipinski definition) is 3. The fourth-order valence-corrected chi connectivity index (χ4v) is 3.78. The highest BCUT2D eigenvalue weighted by Gasteiger charge is 2.24. The summed E-state index contributed by atoms with van der Waals surface area (Å²) in [5, 5.41) is 9.90. The molecule has 8 heteroatoms. The number of hydrogen-bond acceptors (Lipinski definition) is 5. The molecule has 3 rings (SSSR count). The average molecular weight is 432 g/mol. The largest absolute Gasteiger partial charge is 0.497 e. The van der Waals surface area contributed by atoms with E-state index in [1.165, 1.54) is 5.56 Å². The molecule has 3 N–H and O–H groups in total. The molecule has 0 spiro atoms. The van der Waals surface area contributed by atoms with Crippen LogP contribution in [0.1, 0.15) is 44.6 Å². The van der Waals surface area contributed by atoms with E-state index < -0.39 is 0 Å². The molecule has 2 fully saturated rings. The van der Waals surface area contributed by atoms with Gasteiger partial charge in [0.05, 0.1) is 14.2 Å². The van der Waals surface area contributed by atoms with Gasteiger partial charge in [0.25, 0.3) is 0 Å². The van der Waals surface area contributed by atoms with Gasteiger partial charge in [-0.15, -0.1) is 0 Å². The van der Waals surface area contributed by atoms with E-state index in [-0.39, 0.29) is 5.91 Å². The van der Waals surface area contributed by atoms with E-state index in [1.54, 1.807) is 14.2 Å². The number of nitrogens with zero attached hydrogens (tertiary/aromatic N) is 2. The van der Waals surface area contributed by atoms with Gasteiger partial charge in [-0.05, 0) is 50.3 Å². The first-order valence-electron chi connectivity index (χ1n) is 11.4. The quantitative estimate of drug-likeness (QED) is 0.282. The van der Waals surface area contributed by atoms with E-state index in [1.807, 2.05) is 6.07 Å². The molecular weight excluding hydrogens is 394 g/mol. The van der Waals surface area contributed by atoms with Crippen LogP contribution in [-0.2, 0) is 11.3 Å². The third kappa shape index (κ3) is 7.94. The maximum absolute atomic E-state index is 11.8.